The number of benzene rings is 9. The summed E-state index contributed by atoms with van der Waals surface area (Å²) in [4.78, 5) is 2.44. The summed E-state index contributed by atoms with van der Waals surface area (Å²) in [5, 5.41) is 5.07. The van der Waals surface area contributed by atoms with E-state index in [0.29, 0.717) is 0 Å². The SMILES string of the molecule is c1ccc(-c2ccc(-c3ccc(N(c4ccc(-c5ccccc5)cc4)c4ccc5c(sc6ccccc65)c4-c4ccc5ccccc5c4)cc3)cc2)cc1. The molecule has 0 saturated carbocycles. The van der Waals surface area contributed by atoms with E-state index in [-0.39, 0.29) is 0 Å². The van der Waals surface area contributed by atoms with Gasteiger partial charge in [-0.3, -0.25) is 0 Å². The first-order chi connectivity index (χ1) is 26.8. The summed E-state index contributed by atoms with van der Waals surface area (Å²) in [5.41, 5.74) is 13.1. The fourth-order valence-electron chi connectivity index (χ4n) is 7.74. The number of thiophene rings is 1. The van der Waals surface area contributed by atoms with Crippen molar-refractivity contribution in [3.8, 4) is 44.5 Å². The van der Waals surface area contributed by atoms with E-state index in [9.17, 15) is 0 Å². The van der Waals surface area contributed by atoms with Crippen LogP contribution in [0.2, 0.25) is 0 Å². The Labute approximate surface area is 319 Å². The first-order valence-corrected chi connectivity index (χ1v) is 19.2. The molecule has 0 saturated heterocycles. The van der Waals surface area contributed by atoms with Gasteiger partial charge in [0.1, 0.15) is 0 Å². The highest BCUT2D eigenvalue weighted by molar-refractivity contribution is 7.26. The normalized spacial score (nSPS) is 11.3. The third-order valence-corrected chi connectivity index (χ3v) is 11.7. The van der Waals surface area contributed by atoms with Gasteiger partial charge in [-0.2, -0.15) is 0 Å². The van der Waals surface area contributed by atoms with Gasteiger partial charge in [-0.05, 0) is 92.2 Å². The molecule has 9 aromatic carbocycles. The summed E-state index contributed by atoms with van der Waals surface area (Å²) in [6, 6.07) is 77.1. The lowest BCUT2D eigenvalue weighted by atomic mass is 9.96. The van der Waals surface area contributed by atoms with Crippen LogP contribution in [0.25, 0.3) is 75.5 Å². The van der Waals surface area contributed by atoms with Gasteiger partial charge in [0.25, 0.3) is 0 Å². The van der Waals surface area contributed by atoms with Crippen LogP contribution in [0.15, 0.2) is 212 Å². The third kappa shape index (κ3) is 5.84. The van der Waals surface area contributed by atoms with Crippen molar-refractivity contribution >= 4 is 59.3 Å². The summed E-state index contributed by atoms with van der Waals surface area (Å²) >= 11 is 1.88. The molecular formula is C52H35NS. The Hall–Kier alpha value is -6.74. The zero-order valence-electron chi connectivity index (χ0n) is 29.6. The maximum atomic E-state index is 2.44. The fourth-order valence-corrected chi connectivity index (χ4v) is 9.01. The number of rotatable bonds is 7. The van der Waals surface area contributed by atoms with Gasteiger partial charge >= 0.3 is 0 Å². The van der Waals surface area contributed by atoms with Crippen LogP contribution in [0.1, 0.15) is 0 Å². The first-order valence-electron chi connectivity index (χ1n) is 18.4. The molecule has 0 bridgehead atoms. The minimum atomic E-state index is 1.11. The van der Waals surface area contributed by atoms with Crippen LogP contribution in [-0.2, 0) is 0 Å². The van der Waals surface area contributed by atoms with E-state index in [4.69, 9.17) is 0 Å². The van der Waals surface area contributed by atoms with Crippen LogP contribution in [-0.4, -0.2) is 0 Å². The molecule has 2 heteroatoms. The molecular weight excluding hydrogens is 671 g/mol. The van der Waals surface area contributed by atoms with Crippen molar-refractivity contribution in [1.29, 1.82) is 0 Å². The molecule has 0 spiro atoms. The van der Waals surface area contributed by atoms with E-state index < -0.39 is 0 Å². The molecule has 0 aliphatic rings. The molecule has 0 atom stereocenters. The van der Waals surface area contributed by atoms with Gasteiger partial charge < -0.3 is 4.90 Å². The summed E-state index contributed by atoms with van der Waals surface area (Å²) in [6.45, 7) is 0. The Kier molecular flexibility index (Phi) is 8.09. The van der Waals surface area contributed by atoms with Gasteiger partial charge in [0.2, 0.25) is 0 Å². The van der Waals surface area contributed by atoms with E-state index in [1.807, 2.05) is 11.3 Å². The summed E-state index contributed by atoms with van der Waals surface area (Å²) < 4.78 is 2.60. The zero-order chi connectivity index (χ0) is 35.8. The molecule has 0 unspecified atom stereocenters. The van der Waals surface area contributed by atoms with Gasteiger partial charge in [-0.15, -0.1) is 11.3 Å². The van der Waals surface area contributed by atoms with Crippen molar-refractivity contribution in [2.24, 2.45) is 0 Å². The van der Waals surface area contributed by atoms with Gasteiger partial charge in [0.15, 0.2) is 0 Å². The van der Waals surface area contributed by atoms with Crippen molar-refractivity contribution in [3.05, 3.63) is 212 Å². The number of hydrogen-bond acceptors (Lipinski definition) is 2. The molecule has 1 aromatic heterocycles. The van der Waals surface area contributed by atoms with Gasteiger partial charge in [-0.1, -0.05) is 170 Å². The summed E-state index contributed by atoms with van der Waals surface area (Å²) in [7, 11) is 0. The lowest BCUT2D eigenvalue weighted by Crippen LogP contribution is -2.11. The number of nitrogens with zero attached hydrogens (tertiary/aromatic N) is 1. The van der Waals surface area contributed by atoms with Crippen molar-refractivity contribution in [2.75, 3.05) is 4.90 Å². The van der Waals surface area contributed by atoms with Crippen LogP contribution >= 0.6 is 11.3 Å². The molecule has 0 aliphatic heterocycles. The summed E-state index contributed by atoms with van der Waals surface area (Å²) in [6.07, 6.45) is 0. The largest absolute Gasteiger partial charge is 0.310 e. The standard InChI is InChI=1S/C52H35NS/c1-3-11-36(12-4-1)39-19-21-40(22-20-39)42-27-31-46(32-28-42)53(45-29-25-41(26-30-45)37-13-5-2-6-14-37)49-34-33-48-47-17-9-10-18-50(47)54-52(48)51(49)44-24-23-38-15-7-8-16-43(38)35-44/h1-35H. The van der Waals surface area contributed by atoms with E-state index in [2.05, 4.69) is 217 Å². The van der Waals surface area contributed by atoms with E-state index in [1.165, 1.54) is 75.5 Å². The van der Waals surface area contributed by atoms with E-state index >= 15 is 0 Å². The lowest BCUT2D eigenvalue weighted by Gasteiger charge is -2.29. The fraction of sp³-hybridized carbons (Fsp3) is 0. The highest BCUT2D eigenvalue weighted by Gasteiger charge is 2.22. The average molecular weight is 706 g/mol. The van der Waals surface area contributed by atoms with Gasteiger partial charge in [-0.25, -0.2) is 0 Å². The van der Waals surface area contributed by atoms with Gasteiger partial charge in [0, 0.05) is 37.1 Å². The molecule has 0 fully saturated rings. The quantitative estimate of drug-likeness (QED) is 0.160. The zero-order valence-corrected chi connectivity index (χ0v) is 30.4. The number of hydrogen-bond donors (Lipinski definition) is 0. The smallest absolute Gasteiger partial charge is 0.0554 e. The Balaban J connectivity index is 1.15. The van der Waals surface area contributed by atoms with Gasteiger partial charge in [0.05, 0.1) is 5.69 Å². The average Bonchev–Trinajstić information content (AvgIpc) is 3.63. The van der Waals surface area contributed by atoms with Crippen LogP contribution in [0.5, 0.6) is 0 Å². The van der Waals surface area contributed by atoms with Crippen LogP contribution in [0.4, 0.5) is 17.1 Å². The van der Waals surface area contributed by atoms with Crippen molar-refractivity contribution in [1.82, 2.24) is 0 Å². The lowest BCUT2D eigenvalue weighted by molar-refractivity contribution is 1.29. The molecule has 0 radical (unpaired) electrons. The Morgan fingerprint density at radius 2 is 0.778 bits per heavy atom. The third-order valence-electron chi connectivity index (χ3n) is 10.5. The predicted octanol–water partition coefficient (Wildman–Crippen LogP) is 15.3. The number of fused-ring (bicyclic) bond motifs is 4. The highest BCUT2D eigenvalue weighted by Crippen LogP contribution is 2.49. The van der Waals surface area contributed by atoms with Crippen molar-refractivity contribution < 1.29 is 0 Å². The second-order valence-electron chi connectivity index (χ2n) is 13.7. The Bertz CT molecular complexity index is 2890. The second-order valence-corrected chi connectivity index (χ2v) is 14.8. The minimum absolute atomic E-state index is 1.11. The summed E-state index contributed by atoms with van der Waals surface area (Å²) in [5.74, 6) is 0. The predicted molar refractivity (Wildman–Crippen MR) is 233 cm³/mol. The van der Waals surface area contributed by atoms with E-state index in [1.54, 1.807) is 0 Å². The van der Waals surface area contributed by atoms with Crippen LogP contribution < -0.4 is 4.90 Å². The first kappa shape index (κ1) is 32.0. The number of anilines is 3. The maximum absolute atomic E-state index is 2.44. The molecule has 1 nitrogen and oxygen atoms in total. The van der Waals surface area contributed by atoms with E-state index in [0.717, 1.165) is 17.1 Å². The minimum Gasteiger partial charge on any atom is -0.310 e. The molecule has 10 rings (SSSR count). The van der Waals surface area contributed by atoms with Crippen LogP contribution in [0, 0.1) is 0 Å². The highest BCUT2D eigenvalue weighted by atomic mass is 32.1. The maximum Gasteiger partial charge on any atom is 0.0554 e. The molecule has 10 aromatic rings. The Morgan fingerprint density at radius 1 is 0.315 bits per heavy atom. The van der Waals surface area contributed by atoms with Crippen LogP contribution in [0.3, 0.4) is 0 Å². The molecule has 54 heavy (non-hydrogen) atoms. The monoisotopic (exact) mass is 705 g/mol. The van der Waals surface area contributed by atoms with Crippen molar-refractivity contribution in [2.45, 2.75) is 0 Å². The molecule has 0 N–H and O–H groups in total. The molecule has 0 amide bonds. The van der Waals surface area contributed by atoms with Crippen molar-refractivity contribution in [3.63, 3.8) is 0 Å². The Morgan fingerprint density at radius 3 is 1.37 bits per heavy atom. The molecule has 1 heterocycles. The second kappa shape index (κ2) is 13.7. The molecule has 0 aliphatic carbocycles. The molecule has 254 valence electrons. The topological polar surface area (TPSA) is 3.24 Å².